The molecule has 0 saturated carbocycles. The van der Waals surface area contributed by atoms with Gasteiger partial charge in [0.05, 0.1) is 26.3 Å². The van der Waals surface area contributed by atoms with Crippen molar-refractivity contribution < 1.29 is 14.3 Å². The van der Waals surface area contributed by atoms with E-state index in [0.717, 1.165) is 5.69 Å². The van der Waals surface area contributed by atoms with Crippen LogP contribution in [0, 0.1) is 6.92 Å². The quantitative estimate of drug-likeness (QED) is 0.680. The molecule has 0 spiro atoms. The highest BCUT2D eigenvalue weighted by Gasteiger charge is 2.00. The van der Waals surface area contributed by atoms with Crippen LogP contribution in [0.2, 0.25) is 0 Å². The summed E-state index contributed by atoms with van der Waals surface area (Å²) >= 11 is 0. The van der Waals surface area contributed by atoms with Crippen molar-refractivity contribution >= 4 is 5.97 Å². The summed E-state index contributed by atoms with van der Waals surface area (Å²) in [6.07, 6.45) is 1.89. The highest BCUT2D eigenvalue weighted by Crippen LogP contribution is 2.08. The van der Waals surface area contributed by atoms with Crippen molar-refractivity contribution in [3.05, 3.63) is 24.0 Å². The largest absolute Gasteiger partial charge is 0.491 e. The van der Waals surface area contributed by atoms with Crippen LogP contribution in [0.5, 0.6) is 5.75 Å². The van der Waals surface area contributed by atoms with Crippen molar-refractivity contribution in [3.8, 4) is 5.75 Å². The van der Waals surface area contributed by atoms with Crippen LogP contribution in [0.15, 0.2) is 18.3 Å². The lowest BCUT2D eigenvalue weighted by atomic mass is 10.4. The molecule has 0 fully saturated rings. The summed E-state index contributed by atoms with van der Waals surface area (Å²) in [6.45, 7) is 2.22. The van der Waals surface area contributed by atoms with Gasteiger partial charge in [0.15, 0.2) is 0 Å². The van der Waals surface area contributed by atoms with Crippen molar-refractivity contribution in [2.75, 3.05) is 13.7 Å². The molecule has 0 aliphatic heterocycles. The first-order chi connectivity index (χ1) is 6.72. The van der Waals surface area contributed by atoms with Gasteiger partial charge in [-0.25, -0.2) is 0 Å². The molecule has 4 heteroatoms. The van der Waals surface area contributed by atoms with Crippen molar-refractivity contribution in [3.63, 3.8) is 0 Å². The number of methoxy groups -OCH3 is 1. The van der Waals surface area contributed by atoms with Gasteiger partial charge in [-0.2, -0.15) is 0 Å². The Hall–Kier alpha value is -1.58. The van der Waals surface area contributed by atoms with Gasteiger partial charge in [-0.05, 0) is 19.1 Å². The summed E-state index contributed by atoms with van der Waals surface area (Å²) in [5.74, 6) is 0.393. The first-order valence-electron chi connectivity index (χ1n) is 4.34. The minimum atomic E-state index is -0.273. The van der Waals surface area contributed by atoms with Gasteiger partial charge < -0.3 is 9.47 Å². The summed E-state index contributed by atoms with van der Waals surface area (Å²) in [7, 11) is 1.36. The molecule has 0 radical (unpaired) electrons. The molecule has 0 unspecified atom stereocenters. The Morgan fingerprint density at radius 3 is 2.86 bits per heavy atom. The number of ether oxygens (including phenoxy) is 2. The van der Waals surface area contributed by atoms with Crippen LogP contribution in [0.3, 0.4) is 0 Å². The Labute approximate surface area is 82.9 Å². The summed E-state index contributed by atoms with van der Waals surface area (Å²) < 4.78 is 9.74. The van der Waals surface area contributed by atoms with Crippen LogP contribution < -0.4 is 4.74 Å². The van der Waals surface area contributed by atoms with Crippen molar-refractivity contribution in [1.29, 1.82) is 0 Å². The van der Waals surface area contributed by atoms with Crippen LogP contribution in [-0.2, 0) is 9.53 Å². The Balaban J connectivity index is 2.31. The summed E-state index contributed by atoms with van der Waals surface area (Å²) in [5, 5.41) is 0. The van der Waals surface area contributed by atoms with Gasteiger partial charge >= 0.3 is 5.97 Å². The van der Waals surface area contributed by atoms with E-state index in [2.05, 4.69) is 9.72 Å². The molecular weight excluding hydrogens is 182 g/mol. The SMILES string of the molecule is COC(=O)CCOc1ccc(C)nc1. The zero-order valence-electron chi connectivity index (χ0n) is 8.32. The van der Waals surface area contributed by atoms with Crippen LogP contribution in [0.4, 0.5) is 0 Å². The molecule has 0 N–H and O–H groups in total. The molecule has 0 atom stereocenters. The van der Waals surface area contributed by atoms with Gasteiger partial charge in [0.2, 0.25) is 0 Å². The minimum absolute atomic E-state index is 0.254. The highest BCUT2D eigenvalue weighted by molar-refractivity contribution is 5.69. The Morgan fingerprint density at radius 1 is 1.50 bits per heavy atom. The molecule has 76 valence electrons. The molecule has 0 aromatic carbocycles. The summed E-state index contributed by atoms with van der Waals surface area (Å²) in [6, 6.07) is 3.67. The third-order valence-corrected chi connectivity index (χ3v) is 1.69. The standard InChI is InChI=1S/C10H13NO3/c1-8-3-4-9(7-11-8)14-6-5-10(12)13-2/h3-4,7H,5-6H2,1-2H3. The fourth-order valence-corrected chi connectivity index (χ4v) is 0.894. The van der Waals surface area contributed by atoms with Crippen LogP contribution in [0.1, 0.15) is 12.1 Å². The second-order valence-electron chi connectivity index (χ2n) is 2.81. The molecule has 0 saturated heterocycles. The molecule has 14 heavy (non-hydrogen) atoms. The maximum atomic E-state index is 10.7. The van der Waals surface area contributed by atoms with Crippen molar-refractivity contribution in [2.45, 2.75) is 13.3 Å². The van der Waals surface area contributed by atoms with E-state index in [0.29, 0.717) is 12.4 Å². The van der Waals surface area contributed by atoms with Crippen LogP contribution >= 0.6 is 0 Å². The van der Waals surface area contributed by atoms with Crippen LogP contribution in [-0.4, -0.2) is 24.7 Å². The molecule has 1 rings (SSSR count). The maximum Gasteiger partial charge on any atom is 0.308 e. The number of carbonyl (C=O) groups is 1. The number of hydrogen-bond acceptors (Lipinski definition) is 4. The van der Waals surface area contributed by atoms with Crippen LogP contribution in [0.25, 0.3) is 0 Å². The summed E-state index contributed by atoms with van der Waals surface area (Å²) in [5.41, 5.74) is 0.935. The molecule has 0 aliphatic carbocycles. The third kappa shape index (κ3) is 3.43. The Morgan fingerprint density at radius 2 is 2.29 bits per heavy atom. The molecule has 0 bridgehead atoms. The number of nitrogens with zero attached hydrogens (tertiary/aromatic N) is 1. The topological polar surface area (TPSA) is 48.4 Å². The lowest BCUT2D eigenvalue weighted by Gasteiger charge is -2.04. The normalized spacial score (nSPS) is 9.57. The number of pyridine rings is 1. The predicted molar refractivity (Wildman–Crippen MR) is 51.1 cm³/mol. The fourth-order valence-electron chi connectivity index (χ4n) is 0.894. The number of carbonyl (C=O) groups excluding carboxylic acids is 1. The first kappa shape index (κ1) is 10.5. The second-order valence-corrected chi connectivity index (χ2v) is 2.81. The van der Waals surface area contributed by atoms with E-state index < -0.39 is 0 Å². The third-order valence-electron chi connectivity index (χ3n) is 1.69. The van der Waals surface area contributed by atoms with Gasteiger partial charge in [0.1, 0.15) is 5.75 Å². The summed E-state index contributed by atoms with van der Waals surface area (Å²) in [4.78, 5) is 14.8. The number of hydrogen-bond donors (Lipinski definition) is 0. The fraction of sp³-hybridized carbons (Fsp3) is 0.400. The molecular formula is C10H13NO3. The zero-order valence-corrected chi connectivity index (χ0v) is 8.32. The van der Waals surface area contributed by atoms with Gasteiger partial charge in [-0.15, -0.1) is 0 Å². The van der Waals surface area contributed by atoms with E-state index in [9.17, 15) is 4.79 Å². The van der Waals surface area contributed by atoms with Gasteiger partial charge in [-0.3, -0.25) is 9.78 Å². The van der Waals surface area contributed by atoms with Gasteiger partial charge in [0.25, 0.3) is 0 Å². The number of esters is 1. The molecule has 4 nitrogen and oxygen atoms in total. The minimum Gasteiger partial charge on any atom is -0.491 e. The second kappa shape index (κ2) is 5.21. The monoisotopic (exact) mass is 195 g/mol. The Kier molecular flexibility index (Phi) is 3.91. The van der Waals surface area contributed by atoms with E-state index in [1.54, 1.807) is 6.20 Å². The highest BCUT2D eigenvalue weighted by atomic mass is 16.5. The zero-order chi connectivity index (χ0) is 10.4. The average molecular weight is 195 g/mol. The molecule has 1 aromatic rings. The van der Waals surface area contributed by atoms with E-state index in [1.165, 1.54) is 7.11 Å². The number of rotatable bonds is 4. The average Bonchev–Trinajstić information content (AvgIpc) is 2.21. The molecule has 0 amide bonds. The Bertz CT molecular complexity index is 295. The smallest absolute Gasteiger partial charge is 0.308 e. The van der Waals surface area contributed by atoms with Gasteiger partial charge in [0, 0.05) is 5.69 Å². The van der Waals surface area contributed by atoms with Gasteiger partial charge in [-0.1, -0.05) is 0 Å². The number of aromatic nitrogens is 1. The van der Waals surface area contributed by atoms with Crippen molar-refractivity contribution in [2.24, 2.45) is 0 Å². The lowest BCUT2D eigenvalue weighted by molar-refractivity contribution is -0.141. The molecule has 1 aromatic heterocycles. The van der Waals surface area contributed by atoms with E-state index in [-0.39, 0.29) is 12.4 Å². The molecule has 1 heterocycles. The predicted octanol–water partition coefficient (Wildman–Crippen LogP) is 1.33. The first-order valence-corrected chi connectivity index (χ1v) is 4.34. The lowest BCUT2D eigenvalue weighted by Crippen LogP contribution is -2.07. The molecule has 0 aliphatic rings. The van der Waals surface area contributed by atoms with Crippen molar-refractivity contribution in [1.82, 2.24) is 4.98 Å². The maximum absolute atomic E-state index is 10.7. The number of aryl methyl sites for hydroxylation is 1. The van der Waals surface area contributed by atoms with E-state index >= 15 is 0 Å². The van der Waals surface area contributed by atoms with E-state index in [1.807, 2.05) is 19.1 Å². The van der Waals surface area contributed by atoms with E-state index in [4.69, 9.17) is 4.74 Å².